The Labute approximate surface area is 225 Å². The molecule has 1 aliphatic heterocycles. The highest BCUT2D eigenvalue weighted by atomic mass is 79.9. The number of carbonyl (C=O) groups excluding carboxylic acids is 2. The Balaban J connectivity index is 1.33. The van der Waals surface area contributed by atoms with Crippen LogP contribution in [0.5, 0.6) is 11.5 Å². The Morgan fingerprint density at radius 3 is 2.32 bits per heavy atom. The van der Waals surface area contributed by atoms with Crippen molar-refractivity contribution in [3.05, 3.63) is 130 Å². The fourth-order valence-corrected chi connectivity index (χ4v) is 4.82. The first kappa shape index (κ1) is 24.8. The number of rotatable bonds is 7. The Kier molecular flexibility index (Phi) is 7.66. The third-order valence-corrected chi connectivity index (χ3v) is 7.03. The SMILES string of the molecule is O=C(NCCc1ccc(Br)cc1)C1Cc2ccccc2CN1C(=O)c1cccc(Oc2ccccc2)c1. The van der Waals surface area contributed by atoms with E-state index in [-0.39, 0.29) is 11.8 Å². The standard InChI is InChI=1S/C31H27BrN2O3/c32-26-15-13-22(14-16-26)17-18-33-30(35)29-20-23-7-4-5-8-25(23)21-34(29)31(36)24-9-6-12-28(19-24)37-27-10-2-1-3-11-27/h1-16,19,29H,17-18,20-21H2,(H,33,35). The molecule has 0 saturated carbocycles. The predicted molar refractivity (Wildman–Crippen MR) is 148 cm³/mol. The first-order valence-corrected chi connectivity index (χ1v) is 13.1. The molecule has 0 radical (unpaired) electrons. The molecule has 1 atom stereocenters. The van der Waals surface area contributed by atoms with Crippen LogP contribution in [0.2, 0.25) is 0 Å². The first-order chi connectivity index (χ1) is 18.1. The van der Waals surface area contributed by atoms with E-state index in [1.807, 2.05) is 84.9 Å². The van der Waals surface area contributed by atoms with Crippen LogP contribution in [0.15, 0.2) is 108 Å². The largest absolute Gasteiger partial charge is 0.457 e. The summed E-state index contributed by atoms with van der Waals surface area (Å²) in [5.74, 6) is 0.935. The van der Waals surface area contributed by atoms with E-state index in [9.17, 15) is 9.59 Å². The average Bonchev–Trinajstić information content (AvgIpc) is 2.93. The van der Waals surface area contributed by atoms with E-state index in [1.54, 1.807) is 23.1 Å². The van der Waals surface area contributed by atoms with Gasteiger partial charge in [0.05, 0.1) is 0 Å². The van der Waals surface area contributed by atoms with Gasteiger partial charge in [0.15, 0.2) is 0 Å². The fourth-order valence-electron chi connectivity index (χ4n) is 4.55. The van der Waals surface area contributed by atoms with Crippen LogP contribution in [-0.4, -0.2) is 29.3 Å². The zero-order chi connectivity index (χ0) is 25.6. The van der Waals surface area contributed by atoms with E-state index in [2.05, 4.69) is 21.2 Å². The molecule has 1 aliphatic rings. The molecule has 186 valence electrons. The zero-order valence-electron chi connectivity index (χ0n) is 20.3. The summed E-state index contributed by atoms with van der Waals surface area (Å²) in [5.41, 5.74) is 3.79. The lowest BCUT2D eigenvalue weighted by Crippen LogP contribution is -2.52. The second-order valence-electron chi connectivity index (χ2n) is 9.03. The van der Waals surface area contributed by atoms with Crippen LogP contribution in [0.25, 0.3) is 0 Å². The first-order valence-electron chi connectivity index (χ1n) is 12.3. The maximum Gasteiger partial charge on any atom is 0.254 e. The second kappa shape index (κ2) is 11.4. The molecule has 0 aromatic heterocycles. The molecule has 0 saturated heterocycles. The van der Waals surface area contributed by atoms with Crippen LogP contribution in [0.1, 0.15) is 27.0 Å². The molecule has 1 unspecified atom stereocenters. The third-order valence-electron chi connectivity index (χ3n) is 6.50. The highest BCUT2D eigenvalue weighted by Gasteiger charge is 2.35. The second-order valence-corrected chi connectivity index (χ2v) is 9.95. The van der Waals surface area contributed by atoms with Crippen molar-refractivity contribution in [3.63, 3.8) is 0 Å². The number of fused-ring (bicyclic) bond motifs is 1. The number of hydrogen-bond donors (Lipinski definition) is 1. The maximum atomic E-state index is 13.7. The van der Waals surface area contributed by atoms with Gasteiger partial charge in [0, 0.05) is 29.5 Å². The molecule has 4 aromatic carbocycles. The van der Waals surface area contributed by atoms with Gasteiger partial charge in [0.1, 0.15) is 17.5 Å². The average molecular weight is 555 g/mol. The van der Waals surface area contributed by atoms with Crippen molar-refractivity contribution < 1.29 is 14.3 Å². The van der Waals surface area contributed by atoms with Crippen molar-refractivity contribution in [2.45, 2.75) is 25.4 Å². The molecular weight excluding hydrogens is 528 g/mol. The fraction of sp³-hybridized carbons (Fsp3) is 0.161. The van der Waals surface area contributed by atoms with Crippen molar-refractivity contribution in [2.75, 3.05) is 6.54 Å². The van der Waals surface area contributed by atoms with Crippen LogP contribution in [-0.2, 0) is 24.2 Å². The highest BCUT2D eigenvalue weighted by Crippen LogP contribution is 2.27. The number of carbonyl (C=O) groups is 2. The quantitative estimate of drug-likeness (QED) is 0.297. The number of hydrogen-bond acceptors (Lipinski definition) is 3. The number of halogens is 1. The minimum atomic E-state index is -0.592. The number of amides is 2. The van der Waals surface area contributed by atoms with E-state index >= 15 is 0 Å². The Morgan fingerprint density at radius 1 is 0.838 bits per heavy atom. The number of nitrogens with one attached hydrogen (secondary N) is 1. The van der Waals surface area contributed by atoms with E-state index < -0.39 is 6.04 Å². The molecule has 5 rings (SSSR count). The van der Waals surface area contributed by atoms with Gasteiger partial charge in [0.2, 0.25) is 5.91 Å². The van der Waals surface area contributed by atoms with Gasteiger partial charge in [-0.2, -0.15) is 0 Å². The molecule has 0 aliphatic carbocycles. The van der Waals surface area contributed by atoms with Gasteiger partial charge in [-0.25, -0.2) is 0 Å². The molecule has 5 nitrogen and oxygen atoms in total. The number of ether oxygens (including phenoxy) is 1. The smallest absolute Gasteiger partial charge is 0.254 e. The molecule has 37 heavy (non-hydrogen) atoms. The Hall–Kier alpha value is -3.90. The van der Waals surface area contributed by atoms with Gasteiger partial charge >= 0.3 is 0 Å². The van der Waals surface area contributed by atoms with Gasteiger partial charge in [-0.15, -0.1) is 0 Å². The minimum Gasteiger partial charge on any atom is -0.457 e. The van der Waals surface area contributed by atoms with Gasteiger partial charge in [-0.3, -0.25) is 9.59 Å². The molecule has 1 heterocycles. The van der Waals surface area contributed by atoms with Gasteiger partial charge in [-0.05, 0) is 65.6 Å². The van der Waals surface area contributed by atoms with Crippen molar-refractivity contribution in [3.8, 4) is 11.5 Å². The highest BCUT2D eigenvalue weighted by molar-refractivity contribution is 9.10. The minimum absolute atomic E-state index is 0.142. The molecule has 2 amide bonds. The summed E-state index contributed by atoms with van der Waals surface area (Å²) in [4.78, 5) is 28.8. The lowest BCUT2D eigenvalue weighted by Gasteiger charge is -2.36. The van der Waals surface area contributed by atoms with E-state index in [0.29, 0.717) is 36.6 Å². The summed E-state index contributed by atoms with van der Waals surface area (Å²) in [5, 5.41) is 3.06. The summed E-state index contributed by atoms with van der Waals surface area (Å²) >= 11 is 3.45. The summed E-state index contributed by atoms with van der Waals surface area (Å²) in [6.45, 7) is 0.880. The van der Waals surface area contributed by atoms with Crippen LogP contribution >= 0.6 is 15.9 Å². The van der Waals surface area contributed by atoms with Crippen molar-refractivity contribution >= 4 is 27.7 Å². The molecule has 0 bridgehead atoms. The van der Waals surface area contributed by atoms with Gasteiger partial charge < -0.3 is 15.0 Å². The predicted octanol–water partition coefficient (Wildman–Crippen LogP) is 6.17. The van der Waals surface area contributed by atoms with Crippen LogP contribution in [0.3, 0.4) is 0 Å². The third kappa shape index (κ3) is 6.09. The molecule has 4 aromatic rings. The number of nitrogens with zero attached hydrogens (tertiary/aromatic N) is 1. The summed E-state index contributed by atoms with van der Waals surface area (Å²) in [7, 11) is 0. The van der Waals surface area contributed by atoms with Crippen LogP contribution in [0, 0.1) is 0 Å². The van der Waals surface area contributed by atoms with Gasteiger partial charge in [-0.1, -0.05) is 76.6 Å². The topological polar surface area (TPSA) is 58.6 Å². The Morgan fingerprint density at radius 2 is 1.54 bits per heavy atom. The van der Waals surface area contributed by atoms with Crippen LogP contribution < -0.4 is 10.1 Å². The summed E-state index contributed by atoms with van der Waals surface area (Å²) < 4.78 is 6.96. The molecule has 0 fully saturated rings. The lowest BCUT2D eigenvalue weighted by molar-refractivity contribution is -0.126. The zero-order valence-corrected chi connectivity index (χ0v) is 21.9. The molecule has 6 heteroatoms. The van der Waals surface area contributed by atoms with E-state index in [0.717, 1.165) is 27.6 Å². The number of para-hydroxylation sites is 1. The number of benzene rings is 4. The van der Waals surface area contributed by atoms with Crippen molar-refractivity contribution in [1.29, 1.82) is 0 Å². The summed E-state index contributed by atoms with van der Waals surface area (Å²) in [6, 6.07) is 32.0. The molecule has 0 spiro atoms. The van der Waals surface area contributed by atoms with Gasteiger partial charge in [0.25, 0.3) is 5.91 Å². The van der Waals surface area contributed by atoms with Crippen molar-refractivity contribution in [1.82, 2.24) is 10.2 Å². The monoisotopic (exact) mass is 554 g/mol. The Bertz CT molecular complexity index is 1390. The lowest BCUT2D eigenvalue weighted by atomic mass is 9.92. The normalized spacial score (nSPS) is 14.5. The van der Waals surface area contributed by atoms with Crippen LogP contribution in [0.4, 0.5) is 0 Å². The summed E-state index contributed by atoms with van der Waals surface area (Å²) in [6.07, 6.45) is 1.20. The van der Waals surface area contributed by atoms with E-state index in [4.69, 9.17) is 4.74 Å². The molecule has 1 N–H and O–H groups in total. The van der Waals surface area contributed by atoms with E-state index in [1.165, 1.54) is 0 Å². The molecular formula is C31H27BrN2O3. The maximum absolute atomic E-state index is 13.7. The van der Waals surface area contributed by atoms with Crippen molar-refractivity contribution in [2.24, 2.45) is 0 Å².